The second kappa shape index (κ2) is 11.4. The van der Waals surface area contributed by atoms with Gasteiger partial charge in [0.15, 0.2) is 6.54 Å². The number of hydrogen-bond donors (Lipinski definition) is 0. The second-order valence-corrected chi connectivity index (χ2v) is 8.05. The molecule has 0 fully saturated rings. The number of nitrogens with zero attached hydrogens (tertiary/aromatic N) is 2. The Hall–Kier alpha value is -4.26. The Balaban J connectivity index is 0.000000556. The highest BCUT2D eigenvalue weighted by molar-refractivity contribution is 6.50. The van der Waals surface area contributed by atoms with Gasteiger partial charge in [0.05, 0.1) is 0 Å². The van der Waals surface area contributed by atoms with Crippen molar-refractivity contribution in [3.05, 3.63) is 133 Å². The number of benzene rings is 3. The molecule has 0 amide bonds. The van der Waals surface area contributed by atoms with Gasteiger partial charge in [-0.25, -0.2) is 0 Å². The summed E-state index contributed by atoms with van der Waals surface area (Å²) in [5, 5.41) is 0. The van der Waals surface area contributed by atoms with Crippen LogP contribution in [0, 0.1) is 0 Å². The van der Waals surface area contributed by atoms with Gasteiger partial charge in [0.25, 0.3) is 0 Å². The van der Waals surface area contributed by atoms with Crippen LogP contribution in [-0.2, 0) is 6.54 Å². The van der Waals surface area contributed by atoms with Crippen molar-refractivity contribution in [3.8, 4) is 33.6 Å². The summed E-state index contributed by atoms with van der Waals surface area (Å²) in [6, 6.07) is 40.6. The van der Waals surface area contributed by atoms with Gasteiger partial charge in [-0.15, -0.1) is 0 Å². The maximum Gasteiger partial charge on any atom is 0.673 e. The summed E-state index contributed by atoms with van der Waals surface area (Å²) < 4.78 is 41.4. The zero-order valence-corrected chi connectivity index (χ0v) is 19.3. The second-order valence-electron chi connectivity index (χ2n) is 8.05. The summed E-state index contributed by atoms with van der Waals surface area (Å²) in [5.41, 5.74) is 8.41. The first kappa shape index (κ1) is 24.9. The van der Waals surface area contributed by atoms with E-state index < -0.39 is 7.25 Å². The standard InChI is InChI=1S/C29H23N2.BF4/c1-4-10-23(11-5-1)22-31-28(25-12-6-2-7-13-25)20-27(24-16-18-30-19-17-24)21-29(31)26-14-8-3-9-15-26;2-1(3,4)5/h1-21H,22H2;/q+1;-1. The van der Waals surface area contributed by atoms with E-state index in [9.17, 15) is 17.3 Å². The number of pyridine rings is 2. The molecule has 0 saturated carbocycles. The van der Waals surface area contributed by atoms with Gasteiger partial charge in [-0.05, 0) is 47.5 Å². The monoisotopic (exact) mass is 486 g/mol. The van der Waals surface area contributed by atoms with Gasteiger partial charge in [-0.1, -0.05) is 66.7 Å². The predicted molar refractivity (Wildman–Crippen MR) is 136 cm³/mol. The molecule has 5 rings (SSSR count). The van der Waals surface area contributed by atoms with E-state index in [2.05, 4.69) is 125 Å². The van der Waals surface area contributed by atoms with Gasteiger partial charge in [0.2, 0.25) is 11.4 Å². The molecule has 0 spiro atoms. The quantitative estimate of drug-likeness (QED) is 0.141. The summed E-state index contributed by atoms with van der Waals surface area (Å²) in [5.74, 6) is 0. The highest BCUT2D eigenvalue weighted by atomic mass is 19.5. The van der Waals surface area contributed by atoms with Crippen LogP contribution in [-0.4, -0.2) is 12.2 Å². The lowest BCUT2D eigenvalue weighted by Gasteiger charge is -2.13. The van der Waals surface area contributed by atoms with E-state index in [1.807, 2.05) is 12.4 Å². The lowest BCUT2D eigenvalue weighted by Crippen LogP contribution is -2.39. The molecular formula is C29H23BF4N2. The van der Waals surface area contributed by atoms with E-state index in [-0.39, 0.29) is 0 Å². The van der Waals surface area contributed by atoms with E-state index in [4.69, 9.17) is 0 Å². The van der Waals surface area contributed by atoms with Crippen molar-refractivity contribution in [2.24, 2.45) is 0 Å². The Labute approximate surface area is 207 Å². The maximum atomic E-state index is 9.75. The molecule has 0 aliphatic carbocycles. The third-order valence-electron chi connectivity index (χ3n) is 5.50. The fourth-order valence-corrected chi connectivity index (χ4v) is 3.97. The molecule has 0 radical (unpaired) electrons. The topological polar surface area (TPSA) is 16.8 Å². The molecule has 36 heavy (non-hydrogen) atoms. The van der Waals surface area contributed by atoms with Gasteiger partial charge in [0.1, 0.15) is 0 Å². The lowest BCUT2D eigenvalue weighted by molar-refractivity contribution is -0.666. The molecule has 0 aliphatic rings. The van der Waals surface area contributed by atoms with Crippen LogP contribution in [0.2, 0.25) is 0 Å². The Kier molecular flexibility index (Phi) is 7.90. The highest BCUT2D eigenvalue weighted by Crippen LogP contribution is 2.29. The van der Waals surface area contributed by atoms with Crippen molar-refractivity contribution in [2.45, 2.75) is 6.54 Å². The van der Waals surface area contributed by atoms with Crippen LogP contribution in [0.15, 0.2) is 128 Å². The molecule has 2 heterocycles. The molecule has 0 aliphatic heterocycles. The van der Waals surface area contributed by atoms with Crippen LogP contribution in [0.1, 0.15) is 5.56 Å². The zero-order chi connectivity index (χ0) is 25.4. The molecule has 180 valence electrons. The van der Waals surface area contributed by atoms with E-state index in [0.717, 1.165) is 12.1 Å². The van der Waals surface area contributed by atoms with E-state index >= 15 is 0 Å². The van der Waals surface area contributed by atoms with Crippen molar-refractivity contribution in [1.82, 2.24) is 4.98 Å². The summed E-state index contributed by atoms with van der Waals surface area (Å²) in [6.07, 6.45) is 3.70. The third-order valence-corrected chi connectivity index (χ3v) is 5.50. The number of halogens is 4. The fourth-order valence-electron chi connectivity index (χ4n) is 3.97. The summed E-state index contributed by atoms with van der Waals surface area (Å²) in [6.45, 7) is 0.798. The third kappa shape index (κ3) is 6.89. The van der Waals surface area contributed by atoms with Gasteiger partial charge >= 0.3 is 7.25 Å². The normalized spacial score (nSPS) is 10.9. The molecule has 0 atom stereocenters. The van der Waals surface area contributed by atoms with Crippen LogP contribution < -0.4 is 4.57 Å². The molecule has 5 aromatic rings. The first-order valence-corrected chi connectivity index (χ1v) is 11.4. The SMILES string of the molecule is F[B-](F)(F)F.c1ccc(C[n+]2c(-c3ccccc3)cc(-c3ccncc3)cc2-c2ccccc2)cc1. The number of rotatable bonds is 5. The molecular weight excluding hydrogens is 463 g/mol. The van der Waals surface area contributed by atoms with Crippen LogP contribution in [0.5, 0.6) is 0 Å². The van der Waals surface area contributed by atoms with Gasteiger partial charge in [0, 0.05) is 41.2 Å². The molecule has 3 aromatic carbocycles. The van der Waals surface area contributed by atoms with Crippen molar-refractivity contribution in [2.75, 3.05) is 0 Å². The molecule has 0 unspecified atom stereocenters. The molecule has 7 heteroatoms. The van der Waals surface area contributed by atoms with E-state index in [0.29, 0.717) is 0 Å². The minimum Gasteiger partial charge on any atom is -0.418 e. The number of hydrogen-bond acceptors (Lipinski definition) is 1. The lowest BCUT2D eigenvalue weighted by atomic mass is 9.99. The first-order valence-electron chi connectivity index (χ1n) is 11.4. The summed E-state index contributed by atoms with van der Waals surface area (Å²) in [4.78, 5) is 4.20. The van der Waals surface area contributed by atoms with Gasteiger partial charge in [-0.2, -0.15) is 4.57 Å². The predicted octanol–water partition coefficient (Wildman–Crippen LogP) is 7.72. The Morgan fingerprint density at radius 1 is 0.528 bits per heavy atom. The zero-order valence-electron chi connectivity index (χ0n) is 19.3. The van der Waals surface area contributed by atoms with Crippen LogP contribution in [0.25, 0.3) is 33.6 Å². The van der Waals surface area contributed by atoms with Crippen molar-refractivity contribution in [3.63, 3.8) is 0 Å². The molecule has 0 N–H and O–H groups in total. The number of aromatic nitrogens is 2. The van der Waals surface area contributed by atoms with Crippen molar-refractivity contribution in [1.29, 1.82) is 0 Å². The smallest absolute Gasteiger partial charge is 0.418 e. The van der Waals surface area contributed by atoms with E-state index in [1.54, 1.807) is 0 Å². The maximum absolute atomic E-state index is 9.75. The molecule has 0 saturated heterocycles. The minimum atomic E-state index is -6.00. The molecule has 2 aromatic heterocycles. The Morgan fingerprint density at radius 3 is 1.39 bits per heavy atom. The largest absolute Gasteiger partial charge is 0.673 e. The average molecular weight is 486 g/mol. The van der Waals surface area contributed by atoms with Gasteiger partial charge in [-0.3, -0.25) is 4.98 Å². The van der Waals surface area contributed by atoms with Crippen LogP contribution >= 0.6 is 0 Å². The van der Waals surface area contributed by atoms with Crippen LogP contribution in [0.4, 0.5) is 17.3 Å². The summed E-state index contributed by atoms with van der Waals surface area (Å²) >= 11 is 0. The summed E-state index contributed by atoms with van der Waals surface area (Å²) in [7, 11) is -6.00. The fraction of sp³-hybridized carbons (Fsp3) is 0.0345. The Morgan fingerprint density at radius 2 is 0.944 bits per heavy atom. The molecule has 0 bridgehead atoms. The van der Waals surface area contributed by atoms with Crippen molar-refractivity contribution >= 4 is 7.25 Å². The minimum absolute atomic E-state index is 0.798. The van der Waals surface area contributed by atoms with Crippen LogP contribution in [0.3, 0.4) is 0 Å². The first-order chi connectivity index (χ1) is 17.4. The van der Waals surface area contributed by atoms with Gasteiger partial charge < -0.3 is 17.3 Å². The van der Waals surface area contributed by atoms with Crippen molar-refractivity contribution < 1.29 is 21.8 Å². The Bertz CT molecular complexity index is 1310. The van der Waals surface area contributed by atoms with E-state index in [1.165, 1.54) is 33.6 Å². The highest BCUT2D eigenvalue weighted by Gasteiger charge is 2.23. The molecule has 2 nitrogen and oxygen atoms in total. The average Bonchev–Trinajstić information content (AvgIpc) is 2.90.